The van der Waals surface area contributed by atoms with Gasteiger partial charge in [-0.3, -0.25) is 4.79 Å². The van der Waals surface area contributed by atoms with Gasteiger partial charge in [0.15, 0.2) is 0 Å². The molecule has 94 valence electrons. The van der Waals surface area contributed by atoms with Crippen LogP contribution in [-0.4, -0.2) is 29.7 Å². The van der Waals surface area contributed by atoms with Crippen molar-refractivity contribution in [2.45, 2.75) is 25.5 Å². The van der Waals surface area contributed by atoms with E-state index >= 15 is 0 Å². The van der Waals surface area contributed by atoms with Crippen LogP contribution in [0, 0.1) is 6.92 Å². The van der Waals surface area contributed by atoms with E-state index in [-0.39, 0.29) is 24.4 Å². The van der Waals surface area contributed by atoms with E-state index in [0.717, 1.165) is 11.3 Å². The molecule has 17 heavy (non-hydrogen) atoms. The van der Waals surface area contributed by atoms with Crippen LogP contribution in [0.2, 0.25) is 0 Å². The molecule has 0 radical (unpaired) electrons. The topological polar surface area (TPSA) is 61.4 Å². The molecule has 0 saturated carbocycles. The number of hydrogen-bond donors (Lipinski definition) is 3. The van der Waals surface area contributed by atoms with Crippen molar-refractivity contribution in [3.63, 3.8) is 0 Å². The molecule has 1 fully saturated rings. The highest BCUT2D eigenvalue weighted by molar-refractivity contribution is 5.95. The first-order valence-corrected chi connectivity index (χ1v) is 5.44. The number of rotatable bonds is 2. The van der Waals surface area contributed by atoms with Gasteiger partial charge in [-0.15, -0.1) is 12.4 Å². The number of β-amino-alcohol motifs (C(OH)–C–C–N with tert-alkyl or cyclic N) is 1. The number of carbonyl (C=O) groups is 1. The Hall–Kier alpha value is -1.10. The van der Waals surface area contributed by atoms with E-state index in [1.54, 1.807) is 0 Å². The van der Waals surface area contributed by atoms with Gasteiger partial charge in [-0.2, -0.15) is 0 Å². The Kier molecular flexibility index (Phi) is 4.93. The fraction of sp³-hybridized carbons (Fsp3) is 0.417. The molecule has 5 heteroatoms. The van der Waals surface area contributed by atoms with Crippen molar-refractivity contribution < 1.29 is 9.90 Å². The van der Waals surface area contributed by atoms with Crippen LogP contribution in [-0.2, 0) is 4.79 Å². The number of benzene rings is 1. The first-order chi connectivity index (χ1) is 7.65. The zero-order valence-corrected chi connectivity index (χ0v) is 10.5. The lowest BCUT2D eigenvalue weighted by atomic mass is 10.1. The smallest absolute Gasteiger partial charge is 0.241 e. The third kappa shape index (κ3) is 3.70. The first-order valence-electron chi connectivity index (χ1n) is 5.44. The van der Waals surface area contributed by atoms with Gasteiger partial charge in [0.25, 0.3) is 0 Å². The summed E-state index contributed by atoms with van der Waals surface area (Å²) in [6, 6.07) is 7.38. The Morgan fingerprint density at radius 2 is 2.29 bits per heavy atom. The average molecular weight is 257 g/mol. The summed E-state index contributed by atoms with van der Waals surface area (Å²) in [4.78, 5) is 11.8. The molecule has 1 saturated heterocycles. The van der Waals surface area contributed by atoms with Gasteiger partial charge in [0.1, 0.15) is 0 Å². The zero-order valence-electron chi connectivity index (χ0n) is 9.64. The molecule has 2 unspecified atom stereocenters. The second kappa shape index (κ2) is 6.00. The molecule has 0 aromatic heterocycles. The van der Waals surface area contributed by atoms with Crippen LogP contribution in [0.3, 0.4) is 0 Å². The average Bonchev–Trinajstić information content (AvgIpc) is 2.65. The molecule has 2 rings (SSSR count). The molecule has 1 amide bonds. The van der Waals surface area contributed by atoms with Crippen LogP contribution in [0.4, 0.5) is 5.69 Å². The summed E-state index contributed by atoms with van der Waals surface area (Å²) < 4.78 is 0. The lowest BCUT2D eigenvalue weighted by Crippen LogP contribution is -2.35. The number of carbonyl (C=O) groups excluding carboxylic acids is 1. The maximum Gasteiger partial charge on any atom is 0.241 e. The Morgan fingerprint density at radius 3 is 2.88 bits per heavy atom. The van der Waals surface area contributed by atoms with E-state index in [1.807, 2.05) is 31.2 Å². The Balaban J connectivity index is 0.00000144. The fourth-order valence-corrected chi connectivity index (χ4v) is 1.87. The SMILES string of the molecule is Cc1cccc(NC(=O)C2CC(O)CN2)c1.Cl. The quantitative estimate of drug-likeness (QED) is 0.742. The number of amides is 1. The number of halogens is 1. The van der Waals surface area contributed by atoms with E-state index < -0.39 is 6.10 Å². The first kappa shape index (κ1) is 14.0. The van der Waals surface area contributed by atoms with Gasteiger partial charge in [0.2, 0.25) is 5.91 Å². The molecular weight excluding hydrogens is 240 g/mol. The van der Waals surface area contributed by atoms with Crippen molar-refractivity contribution >= 4 is 24.0 Å². The van der Waals surface area contributed by atoms with Crippen LogP contribution in [0.5, 0.6) is 0 Å². The standard InChI is InChI=1S/C12H16N2O2.ClH/c1-8-3-2-4-9(5-8)14-12(16)11-6-10(15)7-13-11;/h2-5,10-11,13,15H,6-7H2,1H3,(H,14,16);1H. The van der Waals surface area contributed by atoms with Crippen molar-refractivity contribution in [2.24, 2.45) is 0 Å². The van der Waals surface area contributed by atoms with E-state index in [0.29, 0.717) is 13.0 Å². The molecule has 1 aromatic carbocycles. The molecule has 4 nitrogen and oxygen atoms in total. The van der Waals surface area contributed by atoms with Crippen LogP contribution >= 0.6 is 12.4 Å². The molecule has 1 aromatic rings. The van der Waals surface area contributed by atoms with Gasteiger partial charge in [0, 0.05) is 12.2 Å². The highest BCUT2D eigenvalue weighted by Gasteiger charge is 2.27. The monoisotopic (exact) mass is 256 g/mol. The van der Waals surface area contributed by atoms with Crippen LogP contribution in [0.25, 0.3) is 0 Å². The number of hydrogen-bond acceptors (Lipinski definition) is 3. The maximum atomic E-state index is 11.8. The van der Waals surface area contributed by atoms with Crippen molar-refractivity contribution in [1.82, 2.24) is 5.32 Å². The third-order valence-corrected chi connectivity index (χ3v) is 2.71. The summed E-state index contributed by atoms with van der Waals surface area (Å²) in [7, 11) is 0. The number of anilines is 1. The molecule has 1 aliphatic rings. The van der Waals surface area contributed by atoms with Gasteiger partial charge in [-0.05, 0) is 31.0 Å². The third-order valence-electron chi connectivity index (χ3n) is 2.71. The van der Waals surface area contributed by atoms with E-state index in [1.165, 1.54) is 0 Å². The van der Waals surface area contributed by atoms with Gasteiger partial charge < -0.3 is 15.7 Å². The van der Waals surface area contributed by atoms with E-state index in [2.05, 4.69) is 10.6 Å². The highest BCUT2D eigenvalue weighted by atomic mass is 35.5. The number of aliphatic hydroxyl groups is 1. The molecule has 1 aliphatic heterocycles. The Bertz CT molecular complexity index is 398. The predicted octanol–water partition coefficient (Wildman–Crippen LogP) is 1.08. The van der Waals surface area contributed by atoms with Gasteiger partial charge in [-0.25, -0.2) is 0 Å². The lowest BCUT2D eigenvalue weighted by Gasteiger charge is -2.11. The number of aliphatic hydroxyl groups excluding tert-OH is 1. The lowest BCUT2D eigenvalue weighted by molar-refractivity contribution is -0.117. The van der Waals surface area contributed by atoms with Gasteiger partial charge in [0.05, 0.1) is 12.1 Å². The molecule has 3 N–H and O–H groups in total. The molecule has 2 atom stereocenters. The van der Waals surface area contributed by atoms with Crippen LogP contribution < -0.4 is 10.6 Å². The summed E-state index contributed by atoms with van der Waals surface area (Å²) >= 11 is 0. The zero-order chi connectivity index (χ0) is 11.5. The van der Waals surface area contributed by atoms with Crippen molar-refractivity contribution in [1.29, 1.82) is 0 Å². The molecule has 0 aliphatic carbocycles. The summed E-state index contributed by atoms with van der Waals surface area (Å²) in [6.45, 7) is 2.47. The Labute approximate surface area is 107 Å². The van der Waals surface area contributed by atoms with Crippen molar-refractivity contribution in [3.05, 3.63) is 29.8 Å². The minimum Gasteiger partial charge on any atom is -0.392 e. The van der Waals surface area contributed by atoms with Crippen molar-refractivity contribution in [2.75, 3.05) is 11.9 Å². The highest BCUT2D eigenvalue weighted by Crippen LogP contribution is 2.12. The molecule has 0 spiro atoms. The fourth-order valence-electron chi connectivity index (χ4n) is 1.87. The van der Waals surface area contributed by atoms with Gasteiger partial charge >= 0.3 is 0 Å². The molecular formula is C12H17ClN2O2. The largest absolute Gasteiger partial charge is 0.392 e. The van der Waals surface area contributed by atoms with Crippen LogP contribution in [0.15, 0.2) is 24.3 Å². The molecule has 0 bridgehead atoms. The number of aryl methyl sites for hydroxylation is 1. The summed E-state index contributed by atoms with van der Waals surface area (Å²) in [5, 5.41) is 15.1. The minimum atomic E-state index is -0.409. The van der Waals surface area contributed by atoms with E-state index in [4.69, 9.17) is 0 Å². The second-order valence-corrected chi connectivity index (χ2v) is 4.21. The number of nitrogens with one attached hydrogen (secondary N) is 2. The van der Waals surface area contributed by atoms with Crippen LogP contribution in [0.1, 0.15) is 12.0 Å². The predicted molar refractivity (Wildman–Crippen MR) is 69.5 cm³/mol. The summed E-state index contributed by atoms with van der Waals surface area (Å²) in [5.41, 5.74) is 1.91. The normalized spacial score (nSPS) is 22.9. The Morgan fingerprint density at radius 1 is 1.53 bits per heavy atom. The summed E-state index contributed by atoms with van der Waals surface area (Å²) in [5.74, 6) is -0.0813. The maximum absolute atomic E-state index is 11.8. The minimum absolute atomic E-state index is 0. The van der Waals surface area contributed by atoms with Gasteiger partial charge in [-0.1, -0.05) is 12.1 Å². The van der Waals surface area contributed by atoms with E-state index in [9.17, 15) is 9.90 Å². The van der Waals surface area contributed by atoms with Crippen molar-refractivity contribution in [3.8, 4) is 0 Å². The second-order valence-electron chi connectivity index (χ2n) is 4.21. The summed E-state index contributed by atoms with van der Waals surface area (Å²) in [6.07, 6.45) is 0.0748. The molecule has 1 heterocycles.